The van der Waals surface area contributed by atoms with E-state index in [1.807, 2.05) is 41.5 Å². The first-order chi connectivity index (χ1) is 20.8. The van der Waals surface area contributed by atoms with Gasteiger partial charge in [-0.25, -0.2) is 18.7 Å². The number of aryl methyl sites for hydroxylation is 1. The number of nitrogens with zero attached hydrogens (tertiary/aromatic N) is 3. The number of benzene rings is 2. The third-order valence-corrected chi connectivity index (χ3v) is 7.06. The van der Waals surface area contributed by atoms with Gasteiger partial charge >= 0.3 is 0 Å². The van der Waals surface area contributed by atoms with Gasteiger partial charge in [0.1, 0.15) is 17.5 Å². The molecule has 3 aromatic rings. The molecule has 0 aliphatic rings. The van der Waals surface area contributed by atoms with Crippen LogP contribution in [0.4, 0.5) is 8.78 Å². The largest absolute Gasteiger partial charge is 0.390 e. The van der Waals surface area contributed by atoms with Crippen LogP contribution >= 0.6 is 0 Å². The number of carbonyl (C=O) groups is 2. The zero-order valence-electron chi connectivity index (χ0n) is 26.6. The molecule has 1 unspecified atom stereocenters. The van der Waals surface area contributed by atoms with Gasteiger partial charge in [-0.1, -0.05) is 34.6 Å². The van der Waals surface area contributed by atoms with Gasteiger partial charge in [-0.2, -0.15) is 0 Å². The van der Waals surface area contributed by atoms with Crippen molar-refractivity contribution in [2.75, 3.05) is 19.6 Å². The first-order valence-electron chi connectivity index (χ1n) is 15.2. The summed E-state index contributed by atoms with van der Waals surface area (Å²) >= 11 is 0. The summed E-state index contributed by atoms with van der Waals surface area (Å²) < 4.78 is 28.0. The zero-order valence-corrected chi connectivity index (χ0v) is 26.6. The Labute approximate surface area is 259 Å². The number of aliphatic hydroxyl groups is 1. The van der Waals surface area contributed by atoms with E-state index in [0.29, 0.717) is 31.0 Å². The molecule has 2 aromatic carbocycles. The van der Waals surface area contributed by atoms with Crippen LogP contribution in [0.1, 0.15) is 90.8 Å². The molecule has 1 heterocycles. The predicted octanol–water partition coefficient (Wildman–Crippen LogP) is 5.11. The number of hydrogen-bond donors (Lipinski definition) is 3. The Kier molecular flexibility index (Phi) is 12.5. The maximum atomic E-state index is 14.0. The van der Waals surface area contributed by atoms with E-state index in [2.05, 4.69) is 20.6 Å². The average Bonchev–Trinajstić information content (AvgIpc) is 2.95. The Morgan fingerprint density at radius 2 is 1.61 bits per heavy atom. The van der Waals surface area contributed by atoms with Crippen molar-refractivity contribution < 1.29 is 23.5 Å². The zero-order chi connectivity index (χ0) is 32.4. The van der Waals surface area contributed by atoms with E-state index in [-0.39, 0.29) is 35.4 Å². The molecule has 0 spiro atoms. The number of aliphatic hydroxyl groups excluding tert-OH is 1. The van der Waals surface area contributed by atoms with Crippen LogP contribution in [0.5, 0.6) is 0 Å². The molecule has 0 radical (unpaired) electrons. The van der Waals surface area contributed by atoms with Crippen molar-refractivity contribution in [3.63, 3.8) is 0 Å². The Bertz CT molecular complexity index is 1400. The van der Waals surface area contributed by atoms with E-state index in [0.717, 1.165) is 30.2 Å². The summed E-state index contributed by atoms with van der Waals surface area (Å²) in [5.74, 6) is -1.46. The van der Waals surface area contributed by atoms with Gasteiger partial charge in [0.15, 0.2) is 0 Å². The monoisotopic (exact) mass is 609 g/mol. The molecule has 0 aliphatic carbocycles. The molecule has 8 nitrogen and oxygen atoms in total. The Balaban J connectivity index is 1.81. The third-order valence-electron chi connectivity index (χ3n) is 7.06. The number of aromatic nitrogens is 2. The number of rotatable bonds is 14. The fourth-order valence-corrected chi connectivity index (χ4v) is 4.94. The van der Waals surface area contributed by atoms with Crippen molar-refractivity contribution >= 4 is 11.8 Å². The molecule has 2 amide bonds. The maximum absolute atomic E-state index is 14.0. The topological polar surface area (TPSA) is 107 Å². The minimum absolute atomic E-state index is 0.0245. The molecule has 0 fully saturated rings. The predicted molar refractivity (Wildman–Crippen MR) is 167 cm³/mol. The maximum Gasteiger partial charge on any atom is 0.253 e. The van der Waals surface area contributed by atoms with Gasteiger partial charge in [0.2, 0.25) is 0 Å². The molecular weight excluding hydrogens is 564 g/mol. The molecule has 0 aliphatic heterocycles. The standard InChI is InChI=1S/C34H45F2N5O3/c1-7-11-41(12-8-2)32(44)25-14-22(3)13-24(18-25)31(43)40-29(17-23-15-26(35)19-27(36)16-23)30(42)21-37-20-28-9-10-38-33(39-28)34(4,5)6/h9-10,13-16,18-19,29-30,37,42H,7-8,11-12,17,20-21H2,1-6H3,(H,40,43)/t29-,30?/m0/s1. The van der Waals surface area contributed by atoms with Gasteiger partial charge in [-0.3, -0.25) is 9.59 Å². The van der Waals surface area contributed by atoms with E-state index in [1.54, 1.807) is 35.4 Å². The summed E-state index contributed by atoms with van der Waals surface area (Å²) in [5, 5.41) is 17.2. The molecule has 10 heteroatoms. The molecule has 238 valence electrons. The van der Waals surface area contributed by atoms with E-state index in [4.69, 9.17) is 0 Å². The van der Waals surface area contributed by atoms with Crippen molar-refractivity contribution in [1.29, 1.82) is 0 Å². The lowest BCUT2D eigenvalue weighted by atomic mass is 9.95. The fourth-order valence-electron chi connectivity index (χ4n) is 4.94. The first-order valence-corrected chi connectivity index (χ1v) is 15.2. The number of halogens is 2. The minimum Gasteiger partial charge on any atom is -0.390 e. The van der Waals surface area contributed by atoms with Gasteiger partial charge in [-0.15, -0.1) is 0 Å². The van der Waals surface area contributed by atoms with Gasteiger partial charge in [0.25, 0.3) is 11.8 Å². The molecule has 2 atom stereocenters. The Hall–Kier alpha value is -3.76. The van der Waals surface area contributed by atoms with E-state index in [9.17, 15) is 23.5 Å². The molecule has 1 aromatic heterocycles. The molecule has 0 bridgehead atoms. The second-order valence-corrected chi connectivity index (χ2v) is 12.3. The van der Waals surface area contributed by atoms with Crippen LogP contribution in [0.3, 0.4) is 0 Å². The summed E-state index contributed by atoms with van der Waals surface area (Å²) in [6.45, 7) is 13.5. The number of hydrogen-bond acceptors (Lipinski definition) is 6. The van der Waals surface area contributed by atoms with Crippen LogP contribution in [0.15, 0.2) is 48.7 Å². The summed E-state index contributed by atoms with van der Waals surface area (Å²) in [7, 11) is 0. The lowest BCUT2D eigenvalue weighted by Gasteiger charge is -2.25. The fraction of sp³-hybridized carbons (Fsp3) is 0.471. The highest BCUT2D eigenvalue weighted by Crippen LogP contribution is 2.18. The molecule has 44 heavy (non-hydrogen) atoms. The highest BCUT2D eigenvalue weighted by atomic mass is 19.1. The van der Waals surface area contributed by atoms with E-state index < -0.39 is 29.7 Å². The SMILES string of the molecule is CCCN(CCC)C(=O)c1cc(C)cc(C(=O)N[C@@H](Cc2cc(F)cc(F)c2)C(O)CNCc2ccnc(C(C)(C)C)n2)c1. The van der Waals surface area contributed by atoms with Crippen LogP contribution in [-0.2, 0) is 18.4 Å². The lowest BCUT2D eigenvalue weighted by Crippen LogP contribution is -2.48. The quantitative estimate of drug-likeness (QED) is 0.234. The van der Waals surface area contributed by atoms with E-state index in [1.165, 1.54) is 12.1 Å². The number of carbonyl (C=O) groups excluding carboxylic acids is 2. The van der Waals surface area contributed by atoms with E-state index >= 15 is 0 Å². The first kappa shape index (κ1) is 34.7. The van der Waals surface area contributed by atoms with Gasteiger partial charge < -0.3 is 20.6 Å². The third kappa shape index (κ3) is 10.2. The van der Waals surface area contributed by atoms with Crippen LogP contribution in [0.2, 0.25) is 0 Å². The normalized spacial score (nSPS) is 12.9. The van der Waals surface area contributed by atoms with Crippen molar-refractivity contribution in [2.24, 2.45) is 0 Å². The van der Waals surface area contributed by atoms with Crippen LogP contribution in [0, 0.1) is 18.6 Å². The molecule has 0 saturated heterocycles. The van der Waals surface area contributed by atoms with Crippen molar-refractivity contribution in [2.45, 2.75) is 84.9 Å². The van der Waals surface area contributed by atoms with Crippen LogP contribution in [0.25, 0.3) is 0 Å². The van der Waals surface area contributed by atoms with Crippen molar-refractivity contribution in [3.05, 3.63) is 94.1 Å². The number of nitrogens with one attached hydrogen (secondary N) is 2. The second kappa shape index (κ2) is 15.8. The Morgan fingerprint density at radius 1 is 0.977 bits per heavy atom. The van der Waals surface area contributed by atoms with Gasteiger partial charge in [-0.05, 0) is 73.7 Å². The smallest absolute Gasteiger partial charge is 0.253 e. The Morgan fingerprint density at radius 3 is 2.23 bits per heavy atom. The summed E-state index contributed by atoms with van der Waals surface area (Å²) in [4.78, 5) is 37.5. The molecule has 3 rings (SSSR count). The van der Waals surface area contributed by atoms with Gasteiger partial charge in [0, 0.05) is 55.0 Å². The summed E-state index contributed by atoms with van der Waals surface area (Å²) in [5.41, 5.74) is 2.19. The molecular formula is C34H45F2N5O3. The summed E-state index contributed by atoms with van der Waals surface area (Å²) in [6, 6.07) is 8.98. The van der Waals surface area contributed by atoms with Crippen LogP contribution < -0.4 is 10.6 Å². The van der Waals surface area contributed by atoms with Crippen molar-refractivity contribution in [3.8, 4) is 0 Å². The summed E-state index contributed by atoms with van der Waals surface area (Å²) in [6.07, 6.45) is 2.17. The second-order valence-electron chi connectivity index (χ2n) is 12.3. The minimum atomic E-state index is -1.12. The number of amides is 2. The van der Waals surface area contributed by atoms with Gasteiger partial charge in [0.05, 0.1) is 17.8 Å². The molecule has 3 N–H and O–H groups in total. The average molecular weight is 610 g/mol. The molecule has 0 saturated carbocycles. The van der Waals surface area contributed by atoms with Crippen molar-refractivity contribution in [1.82, 2.24) is 25.5 Å². The highest BCUT2D eigenvalue weighted by molar-refractivity contribution is 6.00. The lowest BCUT2D eigenvalue weighted by molar-refractivity contribution is 0.0755. The van der Waals surface area contributed by atoms with Crippen LogP contribution in [-0.4, -0.2) is 63.6 Å². The highest BCUT2D eigenvalue weighted by Gasteiger charge is 2.25.